The number of hydrogen-bond acceptors (Lipinski definition) is 5. The molecule has 0 unspecified atom stereocenters. The number of carbonyl (C=O) groups is 1. The van der Waals surface area contributed by atoms with Crippen LogP contribution in [0.3, 0.4) is 0 Å². The first-order valence-electron chi connectivity index (χ1n) is 11.0. The number of aromatic nitrogens is 2. The highest BCUT2D eigenvalue weighted by Crippen LogP contribution is 2.28. The number of imidazole rings is 1. The Bertz CT molecular complexity index is 1010. The number of methoxy groups -OCH3 is 1. The lowest BCUT2D eigenvalue weighted by atomic mass is 10.1. The van der Waals surface area contributed by atoms with Gasteiger partial charge in [-0.2, -0.15) is 0 Å². The maximum absolute atomic E-state index is 13.2. The standard InChI is InChI=1S/C23H32FN3O4S/c1-17(2)27(22(28)19-6-4-5-7-19)15-21-14-25-23(26(21)12-13-31-3)32(29,30)16-18-8-10-20(24)11-9-18/h8-11,14,17,19H,4-7,12-13,15-16H2,1-3H3. The molecule has 0 saturated heterocycles. The molecule has 1 aromatic heterocycles. The monoisotopic (exact) mass is 465 g/mol. The summed E-state index contributed by atoms with van der Waals surface area (Å²) in [4.78, 5) is 19.2. The average Bonchev–Trinajstić information content (AvgIpc) is 3.41. The van der Waals surface area contributed by atoms with Crippen LogP contribution in [0.25, 0.3) is 0 Å². The molecule has 0 radical (unpaired) electrons. The van der Waals surface area contributed by atoms with Gasteiger partial charge in [-0.25, -0.2) is 17.8 Å². The van der Waals surface area contributed by atoms with Crippen molar-refractivity contribution in [2.45, 2.75) is 69.6 Å². The SMILES string of the molecule is COCCn1c(CN(C(=O)C2CCCC2)C(C)C)cnc1S(=O)(=O)Cc1ccc(F)cc1. The highest BCUT2D eigenvalue weighted by Gasteiger charge is 2.31. The van der Waals surface area contributed by atoms with Gasteiger partial charge in [0.1, 0.15) is 5.82 Å². The first-order valence-corrected chi connectivity index (χ1v) is 12.7. The van der Waals surface area contributed by atoms with E-state index in [0.717, 1.165) is 25.7 Å². The van der Waals surface area contributed by atoms with Gasteiger partial charge in [0.25, 0.3) is 0 Å². The number of carbonyl (C=O) groups excluding carboxylic acids is 1. The van der Waals surface area contributed by atoms with Crippen LogP contribution in [-0.2, 0) is 38.2 Å². The molecule has 32 heavy (non-hydrogen) atoms. The number of sulfone groups is 1. The maximum atomic E-state index is 13.2. The highest BCUT2D eigenvalue weighted by molar-refractivity contribution is 7.90. The molecule has 3 rings (SSSR count). The zero-order valence-corrected chi connectivity index (χ0v) is 19.8. The Hall–Kier alpha value is -2.26. The summed E-state index contributed by atoms with van der Waals surface area (Å²) in [6.45, 7) is 4.83. The Morgan fingerprint density at radius 2 is 1.91 bits per heavy atom. The Balaban J connectivity index is 1.89. The Morgan fingerprint density at radius 3 is 2.50 bits per heavy atom. The van der Waals surface area contributed by atoms with Crippen LogP contribution in [0.4, 0.5) is 4.39 Å². The molecular weight excluding hydrogens is 433 g/mol. The minimum absolute atomic E-state index is 0.0202. The summed E-state index contributed by atoms with van der Waals surface area (Å²) in [6.07, 6.45) is 5.48. The van der Waals surface area contributed by atoms with E-state index in [1.807, 2.05) is 18.7 Å². The van der Waals surface area contributed by atoms with Crippen LogP contribution in [0.1, 0.15) is 50.8 Å². The van der Waals surface area contributed by atoms with Crippen molar-refractivity contribution >= 4 is 15.7 Å². The molecule has 0 bridgehead atoms. The van der Waals surface area contributed by atoms with Gasteiger partial charge in [0, 0.05) is 25.6 Å². The fraction of sp³-hybridized carbons (Fsp3) is 0.565. The molecule has 176 valence electrons. The van der Waals surface area contributed by atoms with Crippen LogP contribution in [-0.4, -0.2) is 48.5 Å². The second-order valence-electron chi connectivity index (χ2n) is 8.60. The van der Waals surface area contributed by atoms with Crippen molar-refractivity contribution in [2.24, 2.45) is 5.92 Å². The second kappa shape index (κ2) is 10.6. The minimum Gasteiger partial charge on any atom is -0.383 e. The zero-order valence-electron chi connectivity index (χ0n) is 19.0. The van der Waals surface area contributed by atoms with Crippen LogP contribution in [0.15, 0.2) is 35.6 Å². The number of rotatable bonds is 10. The zero-order chi connectivity index (χ0) is 23.3. The summed E-state index contributed by atoms with van der Waals surface area (Å²) in [7, 11) is -2.24. The number of ether oxygens (including phenoxy) is 1. The van der Waals surface area contributed by atoms with Gasteiger partial charge in [-0.3, -0.25) is 4.79 Å². The van der Waals surface area contributed by atoms with Crippen molar-refractivity contribution < 1.29 is 22.3 Å². The summed E-state index contributed by atoms with van der Waals surface area (Å²) < 4.78 is 46.3. The first-order chi connectivity index (χ1) is 15.2. The van der Waals surface area contributed by atoms with Gasteiger partial charge in [-0.1, -0.05) is 25.0 Å². The molecule has 1 aliphatic carbocycles. The first kappa shape index (κ1) is 24.4. The largest absolute Gasteiger partial charge is 0.383 e. The van der Waals surface area contributed by atoms with E-state index in [1.54, 1.807) is 11.7 Å². The van der Waals surface area contributed by atoms with Gasteiger partial charge >= 0.3 is 0 Å². The molecular formula is C23H32FN3O4S. The summed E-state index contributed by atoms with van der Waals surface area (Å²) >= 11 is 0. The van der Waals surface area contributed by atoms with Crippen molar-refractivity contribution in [1.82, 2.24) is 14.5 Å². The van der Waals surface area contributed by atoms with E-state index < -0.39 is 15.7 Å². The quantitative estimate of drug-likeness (QED) is 0.536. The van der Waals surface area contributed by atoms with Crippen LogP contribution < -0.4 is 0 Å². The Morgan fingerprint density at radius 1 is 1.25 bits per heavy atom. The third-order valence-corrected chi connectivity index (χ3v) is 7.51. The van der Waals surface area contributed by atoms with Crippen LogP contribution in [0.5, 0.6) is 0 Å². The molecule has 1 heterocycles. The van der Waals surface area contributed by atoms with Gasteiger partial charge < -0.3 is 14.2 Å². The number of nitrogens with zero attached hydrogens (tertiary/aromatic N) is 3. The molecule has 1 aliphatic rings. The van der Waals surface area contributed by atoms with E-state index in [0.29, 0.717) is 24.4 Å². The third-order valence-electron chi connectivity index (χ3n) is 5.91. The van der Waals surface area contributed by atoms with Crippen LogP contribution in [0.2, 0.25) is 0 Å². The summed E-state index contributed by atoms with van der Waals surface area (Å²) in [5.74, 6) is -0.552. The molecule has 0 aliphatic heterocycles. The van der Waals surface area contributed by atoms with E-state index in [-0.39, 0.29) is 35.3 Å². The lowest BCUT2D eigenvalue weighted by molar-refractivity contribution is -0.137. The predicted octanol–water partition coefficient (Wildman–Crippen LogP) is 3.57. The molecule has 1 fully saturated rings. The van der Waals surface area contributed by atoms with Gasteiger partial charge in [0.15, 0.2) is 0 Å². The molecule has 0 spiro atoms. The van der Waals surface area contributed by atoms with Crippen molar-refractivity contribution in [3.63, 3.8) is 0 Å². The minimum atomic E-state index is -3.79. The number of amides is 1. The topological polar surface area (TPSA) is 81.5 Å². The predicted molar refractivity (Wildman–Crippen MR) is 119 cm³/mol. The van der Waals surface area contributed by atoms with E-state index in [4.69, 9.17) is 4.74 Å². The summed E-state index contributed by atoms with van der Waals surface area (Å²) in [5, 5.41) is -0.0640. The van der Waals surface area contributed by atoms with E-state index >= 15 is 0 Å². The molecule has 2 aromatic rings. The van der Waals surface area contributed by atoms with Crippen LogP contribution in [0, 0.1) is 11.7 Å². The number of halogens is 1. The van der Waals surface area contributed by atoms with Gasteiger partial charge in [0.2, 0.25) is 20.9 Å². The summed E-state index contributed by atoms with van der Waals surface area (Å²) in [6, 6.07) is 5.37. The van der Waals surface area contributed by atoms with Crippen molar-refractivity contribution in [3.05, 3.63) is 47.5 Å². The normalized spacial score (nSPS) is 14.9. The van der Waals surface area contributed by atoms with Gasteiger partial charge in [-0.05, 0) is 44.4 Å². The third kappa shape index (κ3) is 5.75. The summed E-state index contributed by atoms with van der Waals surface area (Å²) in [5.41, 5.74) is 1.13. The Labute approximate surface area is 189 Å². The molecule has 0 atom stereocenters. The van der Waals surface area contributed by atoms with E-state index in [9.17, 15) is 17.6 Å². The molecule has 0 N–H and O–H groups in total. The highest BCUT2D eigenvalue weighted by atomic mass is 32.2. The number of benzene rings is 1. The molecule has 1 aromatic carbocycles. The number of hydrogen-bond donors (Lipinski definition) is 0. The Kier molecular flexibility index (Phi) is 8.05. The van der Waals surface area contributed by atoms with Crippen molar-refractivity contribution in [3.8, 4) is 0 Å². The van der Waals surface area contributed by atoms with Crippen molar-refractivity contribution in [2.75, 3.05) is 13.7 Å². The lowest BCUT2D eigenvalue weighted by Crippen LogP contribution is -2.40. The molecule has 1 amide bonds. The molecule has 9 heteroatoms. The fourth-order valence-electron chi connectivity index (χ4n) is 4.15. The van der Waals surface area contributed by atoms with Gasteiger partial charge in [-0.15, -0.1) is 0 Å². The lowest BCUT2D eigenvalue weighted by Gasteiger charge is -2.29. The van der Waals surface area contributed by atoms with E-state index in [1.165, 1.54) is 30.5 Å². The smallest absolute Gasteiger partial charge is 0.228 e. The average molecular weight is 466 g/mol. The second-order valence-corrected chi connectivity index (χ2v) is 10.5. The van der Waals surface area contributed by atoms with E-state index in [2.05, 4.69) is 4.98 Å². The van der Waals surface area contributed by atoms with Crippen molar-refractivity contribution in [1.29, 1.82) is 0 Å². The molecule has 1 saturated carbocycles. The van der Waals surface area contributed by atoms with Crippen LogP contribution >= 0.6 is 0 Å². The van der Waals surface area contributed by atoms with Gasteiger partial charge in [0.05, 0.1) is 30.8 Å². The molecule has 7 nitrogen and oxygen atoms in total. The fourth-order valence-corrected chi connectivity index (χ4v) is 5.67. The maximum Gasteiger partial charge on any atom is 0.228 e.